The third-order valence-electron chi connectivity index (χ3n) is 5.19. The maximum atomic E-state index is 12.8. The van der Waals surface area contributed by atoms with Crippen LogP contribution in [0.1, 0.15) is 56.1 Å². The van der Waals surface area contributed by atoms with Crippen LogP contribution < -0.4 is 9.47 Å². The van der Waals surface area contributed by atoms with Crippen LogP contribution in [-0.4, -0.2) is 12.5 Å². The monoisotopic (exact) mass is 354 g/mol. The van der Waals surface area contributed by atoms with E-state index in [0.29, 0.717) is 17.9 Å². The molecule has 0 spiro atoms. The lowest BCUT2D eigenvalue weighted by molar-refractivity contribution is -0.275. The van der Waals surface area contributed by atoms with Gasteiger partial charge >= 0.3 is 6.36 Å². The Hall–Kier alpha value is -1.65. The Morgan fingerprint density at radius 2 is 1.80 bits per heavy atom. The molecule has 1 aromatic rings. The average Bonchev–Trinajstić information content (AvgIpc) is 3.00. The largest absolute Gasteiger partial charge is 0.573 e. The lowest BCUT2D eigenvalue weighted by Gasteiger charge is -2.28. The predicted octanol–water partition coefficient (Wildman–Crippen LogP) is 6.11. The van der Waals surface area contributed by atoms with Crippen molar-refractivity contribution in [3.05, 3.63) is 35.4 Å². The van der Waals surface area contributed by atoms with Crippen molar-refractivity contribution in [3.63, 3.8) is 0 Å². The minimum absolute atomic E-state index is 0.00287. The minimum Gasteiger partial charge on any atom is -0.487 e. The molecule has 0 N–H and O–H groups in total. The van der Waals surface area contributed by atoms with Gasteiger partial charge in [-0.25, -0.2) is 0 Å². The lowest BCUT2D eigenvalue weighted by Crippen LogP contribution is -2.26. The van der Waals surface area contributed by atoms with Crippen molar-refractivity contribution < 1.29 is 22.6 Å². The molecule has 2 aliphatic carbocycles. The number of hydrogen-bond acceptors (Lipinski definition) is 2. The van der Waals surface area contributed by atoms with Gasteiger partial charge in [0.1, 0.15) is 0 Å². The second kappa shape index (κ2) is 7.71. The van der Waals surface area contributed by atoms with Gasteiger partial charge in [0, 0.05) is 0 Å². The van der Waals surface area contributed by atoms with Crippen LogP contribution in [0.2, 0.25) is 0 Å². The van der Waals surface area contributed by atoms with Crippen LogP contribution in [0.15, 0.2) is 24.3 Å². The number of ether oxygens (including phenoxy) is 2. The lowest BCUT2D eigenvalue weighted by atomic mass is 9.96. The maximum absolute atomic E-state index is 12.8. The van der Waals surface area contributed by atoms with Crippen LogP contribution in [0.3, 0.4) is 0 Å². The summed E-state index contributed by atoms with van der Waals surface area (Å²) in [6.45, 7) is 1.67. The zero-order valence-corrected chi connectivity index (χ0v) is 14.6. The van der Waals surface area contributed by atoms with E-state index in [9.17, 15) is 13.2 Å². The average molecular weight is 354 g/mol. The van der Waals surface area contributed by atoms with Gasteiger partial charge in [0.05, 0.1) is 6.10 Å². The molecule has 3 rings (SSSR count). The number of benzene rings is 1. The van der Waals surface area contributed by atoms with Crippen molar-refractivity contribution >= 4 is 0 Å². The molecule has 2 nitrogen and oxygen atoms in total. The molecule has 0 heterocycles. The zero-order chi connectivity index (χ0) is 17.9. The molecule has 2 fully saturated rings. The van der Waals surface area contributed by atoms with Crippen molar-refractivity contribution in [2.24, 2.45) is 5.92 Å². The van der Waals surface area contributed by atoms with Crippen molar-refractivity contribution in [1.82, 2.24) is 0 Å². The minimum atomic E-state index is -4.72. The molecule has 0 saturated heterocycles. The number of allylic oxidation sites excluding steroid dienone is 2. The van der Waals surface area contributed by atoms with E-state index in [2.05, 4.69) is 16.9 Å². The van der Waals surface area contributed by atoms with E-state index in [1.807, 2.05) is 6.07 Å². The van der Waals surface area contributed by atoms with Crippen molar-refractivity contribution in [1.29, 1.82) is 0 Å². The van der Waals surface area contributed by atoms with Crippen LogP contribution in [0.5, 0.6) is 11.5 Å². The standard InChI is InChI=1S/C20H25F3O2/c1-14-16(9-4-8-15-6-2-3-7-15)12-13-18(24-17-10-5-11-17)19(14)25-20(21,22)23/h4,8,12-13,15,17H,2-3,5-7,9-11H2,1H3/b8-4+. The molecule has 25 heavy (non-hydrogen) atoms. The first kappa shape index (κ1) is 18.2. The second-order valence-corrected chi connectivity index (χ2v) is 7.07. The van der Waals surface area contributed by atoms with Crippen molar-refractivity contribution in [2.45, 2.75) is 70.8 Å². The Labute approximate surface area is 147 Å². The molecule has 2 saturated carbocycles. The molecular formula is C20H25F3O2. The van der Waals surface area contributed by atoms with Crippen LogP contribution in [-0.2, 0) is 6.42 Å². The molecule has 0 atom stereocenters. The van der Waals surface area contributed by atoms with E-state index in [1.54, 1.807) is 13.0 Å². The van der Waals surface area contributed by atoms with Crippen molar-refractivity contribution in [2.75, 3.05) is 0 Å². The summed E-state index contributed by atoms with van der Waals surface area (Å²) >= 11 is 0. The molecule has 0 radical (unpaired) electrons. The predicted molar refractivity (Wildman–Crippen MR) is 90.9 cm³/mol. The fourth-order valence-electron chi connectivity index (χ4n) is 3.47. The topological polar surface area (TPSA) is 18.5 Å². The molecule has 0 aromatic heterocycles. The molecule has 5 heteroatoms. The third-order valence-corrected chi connectivity index (χ3v) is 5.19. The molecule has 0 unspecified atom stereocenters. The summed E-state index contributed by atoms with van der Waals surface area (Å²) in [7, 11) is 0. The van der Waals surface area contributed by atoms with E-state index < -0.39 is 6.36 Å². The van der Waals surface area contributed by atoms with Crippen LogP contribution >= 0.6 is 0 Å². The summed E-state index contributed by atoms with van der Waals surface area (Å²) in [5, 5.41) is 0. The zero-order valence-electron chi connectivity index (χ0n) is 14.6. The van der Waals surface area contributed by atoms with Gasteiger partial charge in [-0.2, -0.15) is 0 Å². The smallest absolute Gasteiger partial charge is 0.487 e. The second-order valence-electron chi connectivity index (χ2n) is 7.07. The molecule has 2 aliphatic rings. The summed E-state index contributed by atoms with van der Waals surface area (Å²) in [6, 6.07) is 3.47. The highest BCUT2D eigenvalue weighted by Crippen LogP contribution is 2.39. The molecule has 0 bridgehead atoms. The van der Waals surface area contributed by atoms with Gasteiger partial charge in [0.15, 0.2) is 11.5 Å². The highest BCUT2D eigenvalue weighted by atomic mass is 19.4. The maximum Gasteiger partial charge on any atom is 0.573 e. The van der Waals surface area contributed by atoms with Gasteiger partial charge in [-0.05, 0) is 68.6 Å². The Balaban J connectivity index is 1.77. The van der Waals surface area contributed by atoms with Crippen LogP contribution in [0, 0.1) is 12.8 Å². The Kier molecular flexibility index (Phi) is 5.60. The SMILES string of the molecule is Cc1c(C/C=C/C2CCCC2)ccc(OC2CCC2)c1OC(F)(F)F. The van der Waals surface area contributed by atoms with E-state index in [1.165, 1.54) is 25.7 Å². The van der Waals surface area contributed by atoms with Gasteiger partial charge in [-0.3, -0.25) is 0 Å². The Morgan fingerprint density at radius 1 is 1.08 bits per heavy atom. The molecular weight excluding hydrogens is 329 g/mol. The summed E-state index contributed by atoms with van der Waals surface area (Å²) in [5.41, 5.74) is 1.35. The molecule has 1 aromatic carbocycles. The fraction of sp³-hybridized carbons (Fsp3) is 0.600. The fourth-order valence-corrected chi connectivity index (χ4v) is 3.47. The third kappa shape index (κ3) is 4.93. The van der Waals surface area contributed by atoms with Crippen LogP contribution in [0.4, 0.5) is 13.2 Å². The Morgan fingerprint density at radius 3 is 2.40 bits per heavy atom. The van der Waals surface area contributed by atoms with Gasteiger partial charge < -0.3 is 9.47 Å². The summed E-state index contributed by atoms with van der Waals surface area (Å²) in [6.07, 6.45) is 7.96. The van der Waals surface area contributed by atoms with Gasteiger partial charge in [0.25, 0.3) is 0 Å². The first-order chi connectivity index (χ1) is 11.9. The summed E-state index contributed by atoms with van der Waals surface area (Å²) in [5.74, 6) is 0.627. The van der Waals surface area contributed by atoms with Crippen molar-refractivity contribution in [3.8, 4) is 11.5 Å². The first-order valence-corrected chi connectivity index (χ1v) is 9.14. The number of halogens is 3. The normalized spacial score (nSPS) is 19.4. The summed E-state index contributed by atoms with van der Waals surface area (Å²) in [4.78, 5) is 0. The first-order valence-electron chi connectivity index (χ1n) is 9.14. The quantitative estimate of drug-likeness (QED) is 0.574. The Bertz CT molecular complexity index is 612. The van der Waals surface area contributed by atoms with E-state index in [4.69, 9.17) is 4.74 Å². The molecule has 0 aliphatic heterocycles. The van der Waals surface area contributed by atoms with Gasteiger partial charge in [-0.1, -0.05) is 31.1 Å². The molecule has 138 valence electrons. The number of alkyl halides is 3. The van der Waals surface area contributed by atoms with Gasteiger partial charge in [-0.15, -0.1) is 13.2 Å². The highest BCUT2D eigenvalue weighted by Gasteiger charge is 2.34. The molecule has 0 amide bonds. The number of hydrogen-bond donors (Lipinski definition) is 0. The van der Waals surface area contributed by atoms with Gasteiger partial charge in [0.2, 0.25) is 0 Å². The van der Waals surface area contributed by atoms with E-state index >= 15 is 0 Å². The van der Waals surface area contributed by atoms with Crippen LogP contribution in [0.25, 0.3) is 0 Å². The van der Waals surface area contributed by atoms with E-state index in [0.717, 1.165) is 24.8 Å². The summed E-state index contributed by atoms with van der Waals surface area (Å²) < 4.78 is 48.5. The number of rotatable bonds is 6. The highest BCUT2D eigenvalue weighted by molar-refractivity contribution is 5.51. The van der Waals surface area contributed by atoms with E-state index in [-0.39, 0.29) is 17.6 Å².